The van der Waals surface area contributed by atoms with E-state index >= 15 is 0 Å². The van der Waals surface area contributed by atoms with Gasteiger partial charge in [0.15, 0.2) is 0 Å². The van der Waals surface area contributed by atoms with E-state index in [4.69, 9.17) is 16.3 Å². The number of imidazole rings is 1. The molecule has 0 atom stereocenters. The highest BCUT2D eigenvalue weighted by Crippen LogP contribution is 2.33. The molecule has 0 spiro atoms. The van der Waals surface area contributed by atoms with Crippen molar-refractivity contribution in [3.8, 4) is 16.9 Å². The molecular weight excluding hydrogens is 457 g/mol. The van der Waals surface area contributed by atoms with Gasteiger partial charge in [-0.1, -0.05) is 17.7 Å². The third-order valence-electron chi connectivity index (χ3n) is 5.89. The lowest BCUT2D eigenvalue weighted by atomic mass is 10.0. The number of aromatic nitrogens is 3. The number of hydrogen-bond acceptors (Lipinski definition) is 5. The highest BCUT2D eigenvalue weighted by atomic mass is 35.5. The zero-order valence-electron chi connectivity index (χ0n) is 19.0. The Kier molecular flexibility index (Phi) is 5.61. The molecule has 1 N–H and O–H groups in total. The molecule has 1 aliphatic rings. The van der Waals surface area contributed by atoms with Crippen LogP contribution in [-0.2, 0) is 13.0 Å². The van der Waals surface area contributed by atoms with Crippen LogP contribution in [0.5, 0.6) is 5.75 Å². The van der Waals surface area contributed by atoms with Gasteiger partial charge >= 0.3 is 0 Å². The number of anilines is 1. The van der Waals surface area contributed by atoms with E-state index in [1.165, 1.54) is 11.0 Å². The van der Waals surface area contributed by atoms with Crippen LogP contribution in [0.2, 0.25) is 5.02 Å². The second-order valence-electron chi connectivity index (χ2n) is 8.42. The molecule has 34 heavy (non-hydrogen) atoms. The molecule has 0 bridgehead atoms. The number of fused-ring (bicyclic) bond motifs is 2. The molecule has 0 unspecified atom stereocenters. The maximum atomic E-state index is 14.6. The molecule has 1 aliphatic heterocycles. The first-order valence-electron chi connectivity index (χ1n) is 10.9. The number of ether oxygens (including phenoxy) is 1. The van der Waals surface area contributed by atoms with Gasteiger partial charge < -0.3 is 15.0 Å². The van der Waals surface area contributed by atoms with Crippen molar-refractivity contribution < 1.29 is 13.9 Å². The molecule has 2 aromatic carbocycles. The fraction of sp³-hybridized carbons (Fsp3) is 0.240. The largest absolute Gasteiger partial charge is 0.493 e. The summed E-state index contributed by atoms with van der Waals surface area (Å²) in [6.07, 6.45) is 4.23. The Morgan fingerprint density at radius 1 is 1.26 bits per heavy atom. The highest BCUT2D eigenvalue weighted by Gasteiger charge is 2.21. The first-order valence-corrected chi connectivity index (χ1v) is 11.2. The van der Waals surface area contributed by atoms with E-state index in [-0.39, 0.29) is 18.3 Å². The number of nitrogens with one attached hydrogen (secondary N) is 1. The van der Waals surface area contributed by atoms with Crippen LogP contribution in [0, 0.1) is 12.7 Å². The molecule has 0 radical (unpaired) electrons. The number of nitrogens with zero attached hydrogens (tertiary/aromatic N) is 4. The normalized spacial score (nSPS) is 12.5. The number of halogens is 2. The van der Waals surface area contributed by atoms with E-state index < -0.39 is 0 Å². The van der Waals surface area contributed by atoms with Crippen LogP contribution in [0.4, 0.5) is 10.3 Å². The number of amides is 1. The Bertz CT molecular complexity index is 1430. The fourth-order valence-electron chi connectivity index (χ4n) is 4.21. The summed E-state index contributed by atoms with van der Waals surface area (Å²) in [5, 5.41) is 3.68. The number of rotatable bonds is 5. The number of carbonyl (C=O) groups excluding carboxylic acids is 1. The van der Waals surface area contributed by atoms with Crippen LogP contribution in [0.3, 0.4) is 0 Å². The average Bonchev–Trinajstić information content (AvgIpc) is 3.44. The minimum absolute atomic E-state index is 0.127. The summed E-state index contributed by atoms with van der Waals surface area (Å²) in [4.78, 5) is 23.0. The molecule has 3 heterocycles. The second kappa shape index (κ2) is 8.61. The lowest BCUT2D eigenvalue weighted by molar-refractivity contribution is 0.0827. The van der Waals surface area contributed by atoms with Crippen molar-refractivity contribution in [2.24, 2.45) is 0 Å². The van der Waals surface area contributed by atoms with Gasteiger partial charge in [-0.2, -0.15) is 0 Å². The van der Waals surface area contributed by atoms with Crippen molar-refractivity contribution in [2.45, 2.75) is 19.9 Å². The lowest BCUT2D eigenvalue weighted by Crippen LogP contribution is -2.21. The third kappa shape index (κ3) is 3.84. The van der Waals surface area contributed by atoms with Crippen molar-refractivity contribution in [1.29, 1.82) is 0 Å². The maximum absolute atomic E-state index is 14.6. The maximum Gasteiger partial charge on any atom is 0.253 e. The number of aryl methyl sites for hydroxylation is 1. The summed E-state index contributed by atoms with van der Waals surface area (Å²) in [5.74, 6) is 0.866. The van der Waals surface area contributed by atoms with Gasteiger partial charge in [-0.15, -0.1) is 0 Å². The van der Waals surface area contributed by atoms with Crippen LogP contribution in [0.15, 0.2) is 42.7 Å². The van der Waals surface area contributed by atoms with Crippen molar-refractivity contribution in [3.05, 3.63) is 75.9 Å². The summed E-state index contributed by atoms with van der Waals surface area (Å²) in [7, 11) is 3.39. The van der Waals surface area contributed by atoms with Crippen molar-refractivity contribution in [2.75, 3.05) is 26.0 Å². The highest BCUT2D eigenvalue weighted by molar-refractivity contribution is 6.34. The van der Waals surface area contributed by atoms with Gasteiger partial charge in [-0.05, 0) is 31.2 Å². The second-order valence-corrected chi connectivity index (χ2v) is 8.83. The molecule has 0 aliphatic carbocycles. The van der Waals surface area contributed by atoms with Crippen LogP contribution in [-0.4, -0.2) is 45.9 Å². The van der Waals surface area contributed by atoms with Gasteiger partial charge in [-0.3, -0.25) is 9.20 Å². The van der Waals surface area contributed by atoms with E-state index in [0.29, 0.717) is 40.8 Å². The van der Waals surface area contributed by atoms with Gasteiger partial charge in [-0.25, -0.2) is 14.4 Å². The van der Waals surface area contributed by atoms with E-state index in [1.807, 2.05) is 17.5 Å². The molecular formula is C25H23ClFN5O2. The third-order valence-corrected chi connectivity index (χ3v) is 6.20. The predicted molar refractivity (Wildman–Crippen MR) is 129 cm³/mol. The summed E-state index contributed by atoms with van der Waals surface area (Å²) >= 11 is 6.57. The molecule has 7 nitrogen and oxygen atoms in total. The predicted octanol–water partition coefficient (Wildman–Crippen LogP) is 4.75. The standard InChI is InChI=1S/C25H23ClFN5O2/c1-14-13-32-23(30-14)19(16-5-4-15(10-20(16)26)24(33)31(2)3)12-29-25(32)28-11-18-17-8-9-34-22(17)7-6-21(18)27/h4-7,10,12-13H,8-9,11H2,1-3H3,(H,28,29). The average molecular weight is 480 g/mol. The van der Waals surface area contributed by atoms with E-state index in [2.05, 4.69) is 15.3 Å². The first kappa shape index (κ1) is 22.2. The lowest BCUT2D eigenvalue weighted by Gasteiger charge is -2.14. The van der Waals surface area contributed by atoms with Crippen molar-refractivity contribution in [1.82, 2.24) is 19.3 Å². The topological polar surface area (TPSA) is 71.8 Å². The zero-order valence-corrected chi connectivity index (χ0v) is 19.8. The smallest absolute Gasteiger partial charge is 0.253 e. The van der Waals surface area contributed by atoms with E-state index in [9.17, 15) is 9.18 Å². The zero-order chi connectivity index (χ0) is 24.0. The number of benzene rings is 2. The van der Waals surface area contributed by atoms with Gasteiger partial charge in [0.1, 0.15) is 17.2 Å². The molecule has 0 fully saturated rings. The minimum Gasteiger partial charge on any atom is -0.493 e. The van der Waals surface area contributed by atoms with E-state index in [0.717, 1.165) is 28.1 Å². The summed E-state index contributed by atoms with van der Waals surface area (Å²) in [6, 6.07) is 8.30. The van der Waals surface area contributed by atoms with Crippen LogP contribution >= 0.6 is 11.6 Å². The number of carbonyl (C=O) groups is 1. The Hall–Kier alpha value is -3.65. The Morgan fingerprint density at radius 2 is 2.09 bits per heavy atom. The van der Waals surface area contributed by atoms with Crippen molar-refractivity contribution in [3.63, 3.8) is 0 Å². The molecule has 5 rings (SSSR count). The number of hydrogen-bond donors (Lipinski definition) is 1. The van der Waals surface area contributed by atoms with E-state index in [1.54, 1.807) is 44.6 Å². The fourth-order valence-corrected chi connectivity index (χ4v) is 4.50. The monoisotopic (exact) mass is 479 g/mol. The minimum atomic E-state index is -0.273. The summed E-state index contributed by atoms with van der Waals surface area (Å²) in [6.45, 7) is 2.71. The SMILES string of the molecule is Cc1cn2c(NCc3c(F)ccc4c3CCO4)ncc(-c3ccc(C(=O)N(C)C)cc3Cl)c2n1. The van der Waals surface area contributed by atoms with Crippen LogP contribution in [0.1, 0.15) is 27.2 Å². The van der Waals surface area contributed by atoms with Crippen LogP contribution < -0.4 is 10.1 Å². The Labute approximate surface area is 201 Å². The molecule has 9 heteroatoms. The van der Waals surface area contributed by atoms with Crippen LogP contribution in [0.25, 0.3) is 16.8 Å². The molecule has 2 aromatic heterocycles. The molecule has 0 saturated heterocycles. The summed E-state index contributed by atoms with van der Waals surface area (Å²) < 4.78 is 22.0. The van der Waals surface area contributed by atoms with Gasteiger partial charge in [0, 0.05) is 72.3 Å². The molecule has 4 aromatic rings. The summed E-state index contributed by atoms with van der Waals surface area (Å²) in [5.41, 5.74) is 4.88. The Morgan fingerprint density at radius 3 is 2.85 bits per heavy atom. The molecule has 174 valence electrons. The van der Waals surface area contributed by atoms with Crippen molar-refractivity contribution >= 4 is 29.1 Å². The van der Waals surface area contributed by atoms with Gasteiger partial charge in [0.25, 0.3) is 5.91 Å². The van der Waals surface area contributed by atoms with Gasteiger partial charge in [0.2, 0.25) is 5.95 Å². The Balaban J connectivity index is 1.50. The quantitative estimate of drug-likeness (QED) is 0.447. The molecule has 0 saturated carbocycles. The van der Waals surface area contributed by atoms with Gasteiger partial charge in [0.05, 0.1) is 12.3 Å². The first-order chi connectivity index (χ1) is 16.3. The molecule has 1 amide bonds.